The number of halogens is 3. The number of nitrogens with one attached hydrogen (secondary N) is 1. The van der Waals surface area contributed by atoms with Gasteiger partial charge in [-0.05, 0) is 42.8 Å². The molecule has 0 aliphatic heterocycles. The van der Waals surface area contributed by atoms with E-state index >= 15 is 0 Å². The first-order valence-electron chi connectivity index (χ1n) is 6.12. The Bertz CT molecular complexity index is 693. The summed E-state index contributed by atoms with van der Waals surface area (Å²) in [6.07, 6.45) is 0. The topological polar surface area (TPSA) is 55.1 Å². The number of primary amides is 1. The second-order valence-electron chi connectivity index (χ2n) is 4.75. The highest BCUT2D eigenvalue weighted by atomic mass is 35.5. The molecule has 0 aliphatic carbocycles. The highest BCUT2D eigenvalue weighted by molar-refractivity contribution is 6.42. The molecular weight excluding hydrogens is 314 g/mol. The third-order valence-electron chi connectivity index (χ3n) is 3.21. The van der Waals surface area contributed by atoms with Crippen LogP contribution in [0.4, 0.5) is 10.1 Å². The van der Waals surface area contributed by atoms with E-state index in [0.29, 0.717) is 21.3 Å². The van der Waals surface area contributed by atoms with Gasteiger partial charge in [0.15, 0.2) is 0 Å². The quantitative estimate of drug-likeness (QED) is 0.893. The number of benzene rings is 2. The van der Waals surface area contributed by atoms with E-state index in [1.807, 2.05) is 0 Å². The Morgan fingerprint density at radius 3 is 2.48 bits per heavy atom. The Labute approximate surface area is 131 Å². The van der Waals surface area contributed by atoms with Gasteiger partial charge in [0.1, 0.15) is 11.4 Å². The zero-order valence-corrected chi connectivity index (χ0v) is 12.7. The fourth-order valence-electron chi connectivity index (χ4n) is 1.94. The molecule has 0 fully saturated rings. The third kappa shape index (κ3) is 3.28. The van der Waals surface area contributed by atoms with Gasteiger partial charge in [-0.3, -0.25) is 4.79 Å². The van der Waals surface area contributed by atoms with Crippen LogP contribution in [-0.4, -0.2) is 5.91 Å². The molecule has 110 valence electrons. The van der Waals surface area contributed by atoms with E-state index in [4.69, 9.17) is 28.9 Å². The van der Waals surface area contributed by atoms with Gasteiger partial charge in [-0.15, -0.1) is 0 Å². The van der Waals surface area contributed by atoms with Crippen molar-refractivity contribution in [1.82, 2.24) is 0 Å². The number of carbonyl (C=O) groups is 1. The fraction of sp³-hybridized carbons (Fsp3) is 0.133. The standard InChI is InChI=1S/C15H13Cl2FN2O/c1-15(14(19)21,9-5-6-12(16)13(17)7-9)20-11-4-2-3-10(18)8-11/h2-8,20H,1H3,(H2,19,21). The van der Waals surface area contributed by atoms with Crippen molar-refractivity contribution in [3.8, 4) is 0 Å². The van der Waals surface area contributed by atoms with Crippen LogP contribution in [0.1, 0.15) is 12.5 Å². The van der Waals surface area contributed by atoms with Gasteiger partial charge in [0, 0.05) is 5.69 Å². The Morgan fingerprint density at radius 1 is 1.19 bits per heavy atom. The number of hydrogen-bond donors (Lipinski definition) is 2. The summed E-state index contributed by atoms with van der Waals surface area (Å²) in [5.41, 5.74) is 5.23. The van der Waals surface area contributed by atoms with Gasteiger partial charge in [0.25, 0.3) is 0 Å². The first kappa shape index (κ1) is 15.6. The van der Waals surface area contributed by atoms with E-state index in [1.54, 1.807) is 31.2 Å². The zero-order valence-electron chi connectivity index (χ0n) is 11.2. The summed E-state index contributed by atoms with van der Waals surface area (Å²) in [7, 11) is 0. The summed E-state index contributed by atoms with van der Waals surface area (Å²) in [5, 5.41) is 3.62. The Hall–Kier alpha value is -1.78. The number of amides is 1. The van der Waals surface area contributed by atoms with Crippen molar-refractivity contribution in [2.75, 3.05) is 5.32 Å². The lowest BCUT2D eigenvalue weighted by Crippen LogP contribution is -2.45. The number of anilines is 1. The van der Waals surface area contributed by atoms with Crippen molar-refractivity contribution >= 4 is 34.8 Å². The molecule has 0 spiro atoms. The van der Waals surface area contributed by atoms with Crippen molar-refractivity contribution in [3.05, 3.63) is 63.9 Å². The minimum Gasteiger partial charge on any atom is -0.368 e. The Balaban J connectivity index is 2.45. The second kappa shape index (κ2) is 5.92. The van der Waals surface area contributed by atoms with Crippen molar-refractivity contribution in [2.24, 2.45) is 5.73 Å². The largest absolute Gasteiger partial charge is 0.368 e. The second-order valence-corrected chi connectivity index (χ2v) is 5.57. The van der Waals surface area contributed by atoms with Crippen molar-refractivity contribution in [2.45, 2.75) is 12.5 Å². The van der Waals surface area contributed by atoms with Crippen molar-refractivity contribution in [3.63, 3.8) is 0 Å². The molecule has 0 saturated carbocycles. The average Bonchev–Trinajstić information content (AvgIpc) is 2.41. The highest BCUT2D eigenvalue weighted by Crippen LogP contribution is 2.31. The molecule has 0 aromatic heterocycles. The summed E-state index contributed by atoms with van der Waals surface area (Å²) < 4.78 is 13.3. The van der Waals surface area contributed by atoms with Crippen molar-refractivity contribution in [1.29, 1.82) is 0 Å². The summed E-state index contributed by atoms with van der Waals surface area (Å²) in [6.45, 7) is 1.60. The lowest BCUT2D eigenvalue weighted by molar-refractivity contribution is -0.122. The molecule has 3 nitrogen and oxygen atoms in total. The van der Waals surface area contributed by atoms with Gasteiger partial charge in [-0.1, -0.05) is 35.3 Å². The third-order valence-corrected chi connectivity index (χ3v) is 3.95. The predicted octanol–water partition coefficient (Wildman–Crippen LogP) is 3.95. The van der Waals surface area contributed by atoms with Gasteiger partial charge in [0.2, 0.25) is 5.91 Å². The number of rotatable bonds is 4. The van der Waals surface area contributed by atoms with E-state index in [-0.39, 0.29) is 0 Å². The minimum absolute atomic E-state index is 0.308. The molecule has 2 aromatic carbocycles. The van der Waals surface area contributed by atoms with Crippen LogP contribution in [0.3, 0.4) is 0 Å². The number of hydrogen-bond acceptors (Lipinski definition) is 2. The van der Waals surface area contributed by atoms with E-state index in [9.17, 15) is 9.18 Å². The summed E-state index contributed by atoms with van der Waals surface area (Å²) >= 11 is 11.9. The molecule has 1 atom stereocenters. The molecule has 6 heteroatoms. The maximum atomic E-state index is 13.3. The number of nitrogens with two attached hydrogens (primary N) is 1. The molecule has 3 N–H and O–H groups in total. The molecule has 21 heavy (non-hydrogen) atoms. The van der Waals surface area contributed by atoms with E-state index in [0.717, 1.165) is 0 Å². The minimum atomic E-state index is -1.25. The first-order valence-corrected chi connectivity index (χ1v) is 6.88. The molecule has 2 aromatic rings. The average molecular weight is 327 g/mol. The SMILES string of the molecule is CC(Nc1cccc(F)c1)(C(N)=O)c1ccc(Cl)c(Cl)c1. The normalized spacial score (nSPS) is 13.5. The zero-order chi connectivity index (χ0) is 15.6. The predicted molar refractivity (Wildman–Crippen MR) is 83.0 cm³/mol. The maximum absolute atomic E-state index is 13.3. The fourth-order valence-corrected chi connectivity index (χ4v) is 2.24. The Kier molecular flexibility index (Phi) is 4.40. The van der Waals surface area contributed by atoms with Crippen LogP contribution in [0, 0.1) is 5.82 Å². The molecule has 0 saturated heterocycles. The van der Waals surface area contributed by atoms with Crippen LogP contribution in [0.15, 0.2) is 42.5 Å². The summed E-state index contributed by atoms with van der Waals surface area (Å²) in [4.78, 5) is 11.9. The summed E-state index contributed by atoms with van der Waals surface area (Å²) in [5.74, 6) is -1.04. The van der Waals surface area contributed by atoms with Crippen LogP contribution in [-0.2, 0) is 10.3 Å². The van der Waals surface area contributed by atoms with Crippen LogP contribution >= 0.6 is 23.2 Å². The molecule has 1 unspecified atom stereocenters. The molecule has 0 radical (unpaired) electrons. The van der Waals surface area contributed by atoms with E-state index < -0.39 is 17.3 Å². The van der Waals surface area contributed by atoms with Gasteiger partial charge in [-0.2, -0.15) is 0 Å². The van der Waals surface area contributed by atoms with Gasteiger partial charge >= 0.3 is 0 Å². The lowest BCUT2D eigenvalue weighted by atomic mass is 9.91. The maximum Gasteiger partial charge on any atom is 0.247 e. The van der Waals surface area contributed by atoms with Gasteiger partial charge in [0.05, 0.1) is 10.0 Å². The van der Waals surface area contributed by atoms with Crippen LogP contribution in [0.25, 0.3) is 0 Å². The highest BCUT2D eigenvalue weighted by Gasteiger charge is 2.33. The molecule has 1 amide bonds. The van der Waals surface area contributed by atoms with E-state index in [2.05, 4.69) is 5.32 Å². The Morgan fingerprint density at radius 2 is 1.90 bits per heavy atom. The number of carbonyl (C=O) groups excluding carboxylic acids is 1. The molecule has 0 bridgehead atoms. The molecule has 0 aliphatic rings. The van der Waals surface area contributed by atoms with Gasteiger partial charge < -0.3 is 11.1 Å². The monoisotopic (exact) mass is 326 g/mol. The molecule has 2 rings (SSSR count). The van der Waals surface area contributed by atoms with Gasteiger partial charge in [-0.25, -0.2) is 4.39 Å². The molecular formula is C15H13Cl2FN2O. The lowest BCUT2D eigenvalue weighted by Gasteiger charge is -2.29. The van der Waals surface area contributed by atoms with Crippen LogP contribution in [0.2, 0.25) is 10.0 Å². The van der Waals surface area contributed by atoms with Crippen molar-refractivity contribution < 1.29 is 9.18 Å². The van der Waals surface area contributed by atoms with E-state index in [1.165, 1.54) is 18.2 Å². The van der Waals surface area contributed by atoms with Crippen LogP contribution in [0.5, 0.6) is 0 Å². The smallest absolute Gasteiger partial charge is 0.247 e. The van der Waals surface area contributed by atoms with Crippen LogP contribution < -0.4 is 11.1 Å². The summed E-state index contributed by atoms with van der Waals surface area (Å²) in [6, 6.07) is 10.5. The molecule has 0 heterocycles. The first-order chi connectivity index (χ1) is 9.83.